The molecular formula is C10H12F3N. The molecule has 0 saturated heterocycles. The van der Waals surface area contributed by atoms with Crippen molar-refractivity contribution >= 4 is 0 Å². The smallest absolute Gasteiger partial charge is 0.129 e. The largest absolute Gasteiger partial charge is 0.330 e. The van der Waals surface area contributed by atoms with E-state index in [9.17, 15) is 13.2 Å². The number of hydrogen-bond donors (Lipinski definition) is 1. The van der Waals surface area contributed by atoms with Crippen LogP contribution in [0, 0.1) is 11.6 Å². The van der Waals surface area contributed by atoms with Crippen LogP contribution in [0.5, 0.6) is 0 Å². The van der Waals surface area contributed by atoms with E-state index in [1.54, 1.807) is 0 Å². The monoisotopic (exact) mass is 203 g/mol. The third-order valence-electron chi connectivity index (χ3n) is 1.97. The fraction of sp³-hybridized carbons (Fsp3) is 0.400. The Bertz CT molecular complexity index is 281. The second kappa shape index (κ2) is 5.00. The summed E-state index contributed by atoms with van der Waals surface area (Å²) in [4.78, 5) is 0. The highest BCUT2D eigenvalue weighted by Gasteiger charge is 2.14. The van der Waals surface area contributed by atoms with Crippen LogP contribution in [0.2, 0.25) is 0 Å². The number of halogens is 3. The lowest BCUT2D eigenvalue weighted by atomic mass is 10.1. The number of rotatable bonds is 4. The van der Waals surface area contributed by atoms with Crippen molar-refractivity contribution in [2.45, 2.75) is 19.0 Å². The molecule has 0 heterocycles. The van der Waals surface area contributed by atoms with E-state index < -0.39 is 17.8 Å². The van der Waals surface area contributed by atoms with Gasteiger partial charge in [-0.2, -0.15) is 0 Å². The van der Waals surface area contributed by atoms with Crippen molar-refractivity contribution in [1.29, 1.82) is 0 Å². The molecule has 1 unspecified atom stereocenters. The van der Waals surface area contributed by atoms with Gasteiger partial charge in [-0.05, 0) is 25.1 Å². The van der Waals surface area contributed by atoms with E-state index in [0.717, 1.165) is 12.1 Å². The Balaban J connectivity index is 2.75. The number of nitrogens with two attached hydrogens (primary N) is 1. The Morgan fingerprint density at radius 1 is 1.21 bits per heavy atom. The molecule has 0 spiro atoms. The molecule has 78 valence electrons. The average molecular weight is 203 g/mol. The minimum absolute atomic E-state index is 0.119. The third kappa shape index (κ3) is 2.73. The van der Waals surface area contributed by atoms with Crippen LogP contribution in [0.15, 0.2) is 18.2 Å². The van der Waals surface area contributed by atoms with Crippen molar-refractivity contribution in [3.05, 3.63) is 35.4 Å². The summed E-state index contributed by atoms with van der Waals surface area (Å²) >= 11 is 0. The highest BCUT2D eigenvalue weighted by atomic mass is 19.1. The molecule has 0 aliphatic heterocycles. The van der Waals surface area contributed by atoms with Gasteiger partial charge in [0.05, 0.1) is 0 Å². The third-order valence-corrected chi connectivity index (χ3v) is 1.97. The summed E-state index contributed by atoms with van der Waals surface area (Å²) in [6.07, 6.45) is -1.42. The standard InChI is InChI=1S/C10H12F3N/c11-7(4-5-14)6-8-9(12)2-1-3-10(8)13/h1-3,7H,4-6,14H2. The lowest BCUT2D eigenvalue weighted by molar-refractivity contribution is 0.310. The van der Waals surface area contributed by atoms with Crippen molar-refractivity contribution in [2.24, 2.45) is 5.73 Å². The highest BCUT2D eigenvalue weighted by Crippen LogP contribution is 2.16. The van der Waals surface area contributed by atoms with Crippen LogP contribution in [0.1, 0.15) is 12.0 Å². The van der Waals surface area contributed by atoms with Gasteiger partial charge in [-0.1, -0.05) is 6.07 Å². The van der Waals surface area contributed by atoms with Gasteiger partial charge in [0.25, 0.3) is 0 Å². The molecule has 14 heavy (non-hydrogen) atoms. The molecule has 0 aliphatic rings. The van der Waals surface area contributed by atoms with Crippen molar-refractivity contribution in [3.63, 3.8) is 0 Å². The Hall–Kier alpha value is -1.03. The number of benzene rings is 1. The zero-order valence-corrected chi connectivity index (χ0v) is 7.64. The number of alkyl halides is 1. The first kappa shape index (κ1) is 11.0. The zero-order valence-electron chi connectivity index (χ0n) is 7.64. The molecule has 0 radical (unpaired) electrons. The van der Waals surface area contributed by atoms with Crippen molar-refractivity contribution in [2.75, 3.05) is 6.54 Å². The van der Waals surface area contributed by atoms with Crippen LogP contribution >= 0.6 is 0 Å². The van der Waals surface area contributed by atoms with E-state index in [4.69, 9.17) is 5.73 Å². The van der Waals surface area contributed by atoms with Gasteiger partial charge < -0.3 is 5.73 Å². The zero-order chi connectivity index (χ0) is 10.6. The molecule has 1 aromatic carbocycles. The predicted octanol–water partition coefficient (Wildman–Crippen LogP) is 2.19. The van der Waals surface area contributed by atoms with Crippen LogP contribution in [-0.4, -0.2) is 12.7 Å². The summed E-state index contributed by atoms with van der Waals surface area (Å²) in [5, 5.41) is 0. The summed E-state index contributed by atoms with van der Waals surface area (Å²) < 4.78 is 39.1. The molecule has 2 N–H and O–H groups in total. The molecule has 1 atom stereocenters. The maximum atomic E-state index is 13.0. The summed E-state index contributed by atoms with van der Waals surface area (Å²) in [5.74, 6) is -1.41. The van der Waals surface area contributed by atoms with E-state index in [0.29, 0.717) is 0 Å². The first-order valence-corrected chi connectivity index (χ1v) is 4.42. The van der Waals surface area contributed by atoms with Gasteiger partial charge in [-0.3, -0.25) is 0 Å². The molecule has 1 rings (SSSR count). The van der Waals surface area contributed by atoms with Gasteiger partial charge in [0.2, 0.25) is 0 Å². The van der Waals surface area contributed by atoms with Gasteiger partial charge in [0, 0.05) is 12.0 Å². The maximum absolute atomic E-state index is 13.0. The minimum atomic E-state index is -1.29. The predicted molar refractivity (Wildman–Crippen MR) is 48.6 cm³/mol. The summed E-state index contributed by atoms with van der Waals surface area (Å²) in [5.41, 5.74) is 4.93. The van der Waals surface area contributed by atoms with Gasteiger partial charge in [0.1, 0.15) is 17.8 Å². The second-order valence-corrected chi connectivity index (χ2v) is 3.08. The van der Waals surface area contributed by atoms with E-state index in [2.05, 4.69) is 0 Å². The van der Waals surface area contributed by atoms with E-state index in [1.807, 2.05) is 0 Å². The fourth-order valence-corrected chi connectivity index (χ4v) is 1.23. The molecule has 1 aromatic rings. The summed E-state index contributed by atoms with van der Waals surface area (Å²) in [7, 11) is 0. The summed E-state index contributed by atoms with van der Waals surface area (Å²) in [6.45, 7) is 0.178. The molecule has 1 nitrogen and oxygen atoms in total. The molecule has 4 heteroatoms. The molecule has 0 amide bonds. The van der Waals surface area contributed by atoms with Gasteiger partial charge in [-0.15, -0.1) is 0 Å². The fourth-order valence-electron chi connectivity index (χ4n) is 1.23. The molecular weight excluding hydrogens is 191 g/mol. The molecule has 0 aromatic heterocycles. The minimum Gasteiger partial charge on any atom is -0.330 e. The van der Waals surface area contributed by atoms with Crippen LogP contribution in [-0.2, 0) is 6.42 Å². The average Bonchev–Trinajstić information content (AvgIpc) is 2.12. The molecule has 0 fully saturated rings. The Morgan fingerprint density at radius 3 is 2.29 bits per heavy atom. The van der Waals surface area contributed by atoms with Crippen LogP contribution in [0.25, 0.3) is 0 Å². The van der Waals surface area contributed by atoms with Crippen molar-refractivity contribution < 1.29 is 13.2 Å². The Labute approximate surface area is 80.7 Å². The van der Waals surface area contributed by atoms with E-state index in [1.165, 1.54) is 6.07 Å². The first-order valence-electron chi connectivity index (χ1n) is 4.42. The molecule has 0 saturated carbocycles. The molecule has 0 aliphatic carbocycles. The van der Waals surface area contributed by atoms with Crippen LogP contribution < -0.4 is 5.73 Å². The second-order valence-electron chi connectivity index (χ2n) is 3.08. The highest BCUT2D eigenvalue weighted by molar-refractivity contribution is 5.20. The van der Waals surface area contributed by atoms with Crippen LogP contribution in [0.3, 0.4) is 0 Å². The van der Waals surface area contributed by atoms with Gasteiger partial charge in [-0.25, -0.2) is 13.2 Å². The topological polar surface area (TPSA) is 26.0 Å². The quantitative estimate of drug-likeness (QED) is 0.797. The SMILES string of the molecule is NCCC(F)Cc1c(F)cccc1F. The lowest BCUT2D eigenvalue weighted by Crippen LogP contribution is -2.13. The number of hydrogen-bond acceptors (Lipinski definition) is 1. The molecule has 0 bridgehead atoms. The van der Waals surface area contributed by atoms with Crippen molar-refractivity contribution in [1.82, 2.24) is 0 Å². The van der Waals surface area contributed by atoms with Crippen molar-refractivity contribution in [3.8, 4) is 0 Å². The first-order chi connectivity index (χ1) is 6.65. The van der Waals surface area contributed by atoms with E-state index >= 15 is 0 Å². The normalized spacial score (nSPS) is 12.9. The maximum Gasteiger partial charge on any atom is 0.129 e. The Morgan fingerprint density at radius 2 is 1.79 bits per heavy atom. The lowest BCUT2D eigenvalue weighted by Gasteiger charge is -2.08. The van der Waals surface area contributed by atoms with E-state index in [-0.39, 0.29) is 24.9 Å². The van der Waals surface area contributed by atoms with Crippen LogP contribution in [0.4, 0.5) is 13.2 Å². The Kier molecular flexibility index (Phi) is 3.95. The summed E-state index contributed by atoms with van der Waals surface area (Å²) in [6, 6.07) is 3.49. The van der Waals surface area contributed by atoms with Gasteiger partial charge in [0.15, 0.2) is 0 Å². The van der Waals surface area contributed by atoms with Gasteiger partial charge >= 0.3 is 0 Å².